The maximum atomic E-state index is 12.1. The standard InChI is InChI=1S/C14H15N3O/c1-10(2)17-14(18)12-8-15-9-16-13(12)11-6-4-3-5-7-11/h3-10H,1-2H3,(H,17,18). The van der Waals surface area contributed by atoms with Crippen molar-refractivity contribution in [2.24, 2.45) is 0 Å². The SMILES string of the molecule is CC(C)NC(=O)c1cncnc1-c1ccccc1. The number of carbonyl (C=O) groups excluding carboxylic acids is 1. The lowest BCUT2D eigenvalue weighted by molar-refractivity contribution is 0.0943. The normalized spacial score (nSPS) is 10.4. The fourth-order valence-electron chi connectivity index (χ4n) is 1.66. The Kier molecular flexibility index (Phi) is 3.67. The van der Waals surface area contributed by atoms with Crippen molar-refractivity contribution in [3.63, 3.8) is 0 Å². The van der Waals surface area contributed by atoms with Gasteiger partial charge in [-0.25, -0.2) is 9.97 Å². The molecule has 0 aliphatic heterocycles. The quantitative estimate of drug-likeness (QED) is 0.897. The van der Waals surface area contributed by atoms with Gasteiger partial charge in [-0.2, -0.15) is 0 Å². The van der Waals surface area contributed by atoms with E-state index in [1.165, 1.54) is 6.33 Å². The summed E-state index contributed by atoms with van der Waals surface area (Å²) in [6, 6.07) is 9.70. The molecule has 2 rings (SSSR count). The number of benzene rings is 1. The van der Waals surface area contributed by atoms with Crippen molar-refractivity contribution in [3.05, 3.63) is 48.4 Å². The molecule has 0 saturated carbocycles. The smallest absolute Gasteiger partial charge is 0.255 e. The van der Waals surface area contributed by atoms with Crippen LogP contribution in [0, 0.1) is 0 Å². The Balaban J connectivity index is 2.41. The van der Waals surface area contributed by atoms with Crippen LogP contribution in [0.15, 0.2) is 42.9 Å². The van der Waals surface area contributed by atoms with Crippen LogP contribution >= 0.6 is 0 Å². The Morgan fingerprint density at radius 3 is 2.61 bits per heavy atom. The van der Waals surface area contributed by atoms with Crippen LogP contribution < -0.4 is 5.32 Å². The first-order chi connectivity index (χ1) is 8.68. The molecular formula is C14H15N3O. The predicted molar refractivity (Wildman–Crippen MR) is 70.1 cm³/mol. The fourth-order valence-corrected chi connectivity index (χ4v) is 1.66. The Morgan fingerprint density at radius 1 is 1.22 bits per heavy atom. The van der Waals surface area contributed by atoms with Gasteiger partial charge >= 0.3 is 0 Å². The van der Waals surface area contributed by atoms with Gasteiger partial charge in [-0.1, -0.05) is 30.3 Å². The van der Waals surface area contributed by atoms with E-state index in [4.69, 9.17) is 0 Å². The van der Waals surface area contributed by atoms with Crippen molar-refractivity contribution in [1.82, 2.24) is 15.3 Å². The third kappa shape index (κ3) is 2.71. The Bertz CT molecular complexity index is 538. The zero-order valence-electron chi connectivity index (χ0n) is 10.4. The lowest BCUT2D eigenvalue weighted by Crippen LogP contribution is -2.30. The molecule has 4 heteroatoms. The summed E-state index contributed by atoms with van der Waals surface area (Å²) in [5.41, 5.74) is 2.06. The third-order valence-electron chi connectivity index (χ3n) is 2.42. The van der Waals surface area contributed by atoms with Gasteiger partial charge in [0, 0.05) is 17.8 Å². The molecular weight excluding hydrogens is 226 g/mol. The van der Waals surface area contributed by atoms with Crippen molar-refractivity contribution in [2.75, 3.05) is 0 Å². The van der Waals surface area contributed by atoms with E-state index in [2.05, 4.69) is 15.3 Å². The molecule has 0 atom stereocenters. The summed E-state index contributed by atoms with van der Waals surface area (Å²) in [6.07, 6.45) is 3.00. The zero-order chi connectivity index (χ0) is 13.0. The molecule has 0 bridgehead atoms. The van der Waals surface area contributed by atoms with E-state index < -0.39 is 0 Å². The summed E-state index contributed by atoms with van der Waals surface area (Å²) < 4.78 is 0. The van der Waals surface area contributed by atoms with E-state index in [-0.39, 0.29) is 11.9 Å². The van der Waals surface area contributed by atoms with Crippen LogP contribution in [0.5, 0.6) is 0 Å². The van der Waals surface area contributed by atoms with Crippen LogP contribution in [0.25, 0.3) is 11.3 Å². The second kappa shape index (κ2) is 5.40. The molecule has 18 heavy (non-hydrogen) atoms. The van der Waals surface area contributed by atoms with Gasteiger partial charge in [0.05, 0.1) is 11.3 Å². The van der Waals surface area contributed by atoms with Gasteiger partial charge < -0.3 is 5.32 Å². The van der Waals surface area contributed by atoms with Crippen LogP contribution in [0.4, 0.5) is 0 Å². The topological polar surface area (TPSA) is 54.9 Å². The molecule has 0 spiro atoms. The van der Waals surface area contributed by atoms with Gasteiger partial charge in [0.2, 0.25) is 0 Å². The van der Waals surface area contributed by atoms with E-state index >= 15 is 0 Å². The fraction of sp³-hybridized carbons (Fsp3) is 0.214. The Hall–Kier alpha value is -2.23. The Labute approximate surface area is 106 Å². The van der Waals surface area contributed by atoms with Gasteiger partial charge in [-0.05, 0) is 13.8 Å². The first kappa shape index (κ1) is 12.2. The Morgan fingerprint density at radius 2 is 1.94 bits per heavy atom. The molecule has 1 aromatic heterocycles. The first-order valence-electron chi connectivity index (χ1n) is 5.85. The minimum Gasteiger partial charge on any atom is -0.350 e. The van der Waals surface area contributed by atoms with Gasteiger partial charge in [-0.3, -0.25) is 4.79 Å². The molecule has 92 valence electrons. The minimum absolute atomic E-state index is 0.0846. The second-order valence-electron chi connectivity index (χ2n) is 4.28. The maximum Gasteiger partial charge on any atom is 0.255 e. The van der Waals surface area contributed by atoms with Gasteiger partial charge in [0.1, 0.15) is 6.33 Å². The molecule has 0 aliphatic carbocycles. The van der Waals surface area contributed by atoms with Gasteiger partial charge in [-0.15, -0.1) is 0 Å². The number of nitrogens with one attached hydrogen (secondary N) is 1. The highest BCUT2D eigenvalue weighted by atomic mass is 16.1. The number of carbonyl (C=O) groups is 1. The molecule has 0 aliphatic rings. The van der Waals surface area contributed by atoms with Crippen LogP contribution in [-0.4, -0.2) is 21.9 Å². The lowest BCUT2D eigenvalue weighted by Gasteiger charge is -2.10. The average molecular weight is 241 g/mol. The van der Waals surface area contributed by atoms with Crippen molar-refractivity contribution in [1.29, 1.82) is 0 Å². The summed E-state index contributed by atoms with van der Waals surface area (Å²) in [5, 5.41) is 2.85. The van der Waals surface area contributed by atoms with E-state index in [1.807, 2.05) is 44.2 Å². The van der Waals surface area contributed by atoms with E-state index in [0.717, 1.165) is 5.56 Å². The highest BCUT2D eigenvalue weighted by molar-refractivity contribution is 5.99. The van der Waals surface area contributed by atoms with Crippen molar-refractivity contribution < 1.29 is 4.79 Å². The molecule has 0 radical (unpaired) electrons. The largest absolute Gasteiger partial charge is 0.350 e. The number of nitrogens with zero attached hydrogens (tertiary/aromatic N) is 2. The minimum atomic E-state index is -0.149. The van der Waals surface area contributed by atoms with Gasteiger partial charge in [0.25, 0.3) is 5.91 Å². The summed E-state index contributed by atoms with van der Waals surface area (Å²) in [4.78, 5) is 20.2. The summed E-state index contributed by atoms with van der Waals surface area (Å²) in [6.45, 7) is 3.84. The molecule has 2 aromatic rings. The third-order valence-corrected chi connectivity index (χ3v) is 2.42. The average Bonchev–Trinajstić information content (AvgIpc) is 2.39. The zero-order valence-corrected chi connectivity index (χ0v) is 10.4. The van der Waals surface area contributed by atoms with Gasteiger partial charge in [0.15, 0.2) is 0 Å². The van der Waals surface area contributed by atoms with Crippen LogP contribution in [0.1, 0.15) is 24.2 Å². The van der Waals surface area contributed by atoms with Crippen LogP contribution in [0.2, 0.25) is 0 Å². The number of hydrogen-bond donors (Lipinski definition) is 1. The molecule has 1 N–H and O–H groups in total. The lowest BCUT2D eigenvalue weighted by atomic mass is 10.1. The summed E-state index contributed by atoms with van der Waals surface area (Å²) in [7, 11) is 0. The molecule has 1 aromatic carbocycles. The highest BCUT2D eigenvalue weighted by Gasteiger charge is 2.14. The second-order valence-corrected chi connectivity index (χ2v) is 4.28. The van der Waals surface area contributed by atoms with Crippen LogP contribution in [0.3, 0.4) is 0 Å². The predicted octanol–water partition coefficient (Wildman–Crippen LogP) is 2.28. The maximum absolute atomic E-state index is 12.1. The molecule has 0 fully saturated rings. The van der Waals surface area contributed by atoms with Crippen molar-refractivity contribution >= 4 is 5.91 Å². The number of hydrogen-bond acceptors (Lipinski definition) is 3. The first-order valence-corrected chi connectivity index (χ1v) is 5.85. The van der Waals surface area contributed by atoms with Crippen molar-refractivity contribution in [2.45, 2.75) is 19.9 Å². The molecule has 4 nitrogen and oxygen atoms in total. The van der Waals surface area contributed by atoms with E-state index in [9.17, 15) is 4.79 Å². The van der Waals surface area contributed by atoms with Crippen LogP contribution in [-0.2, 0) is 0 Å². The monoisotopic (exact) mass is 241 g/mol. The highest BCUT2D eigenvalue weighted by Crippen LogP contribution is 2.19. The summed E-state index contributed by atoms with van der Waals surface area (Å²) in [5.74, 6) is -0.149. The number of rotatable bonds is 3. The van der Waals surface area contributed by atoms with E-state index in [0.29, 0.717) is 11.3 Å². The van der Waals surface area contributed by atoms with Crippen molar-refractivity contribution in [3.8, 4) is 11.3 Å². The molecule has 0 saturated heterocycles. The molecule has 0 unspecified atom stereocenters. The molecule has 1 heterocycles. The molecule has 1 amide bonds. The number of aromatic nitrogens is 2. The number of amides is 1. The van der Waals surface area contributed by atoms with E-state index in [1.54, 1.807) is 6.20 Å². The summed E-state index contributed by atoms with van der Waals surface area (Å²) >= 11 is 0.